The molecule has 1 atom stereocenters. The number of carbonyl (C=O) groups excluding carboxylic acids is 1. The van der Waals surface area contributed by atoms with E-state index in [2.05, 4.69) is 4.90 Å². The van der Waals surface area contributed by atoms with E-state index in [1.54, 1.807) is 12.1 Å². The molecule has 6 heteroatoms. The first-order valence-corrected chi connectivity index (χ1v) is 7.57. The zero-order chi connectivity index (χ0) is 17.0. The molecule has 0 bridgehead atoms. The fourth-order valence-electron chi connectivity index (χ4n) is 2.86. The lowest BCUT2D eigenvalue weighted by molar-refractivity contribution is 0.0600. The molecule has 1 N–H and O–H groups in total. The zero-order valence-corrected chi connectivity index (χ0v) is 13.7. The van der Waals surface area contributed by atoms with E-state index in [0.717, 1.165) is 11.3 Å². The van der Waals surface area contributed by atoms with Gasteiger partial charge in [0.15, 0.2) is 0 Å². The summed E-state index contributed by atoms with van der Waals surface area (Å²) < 4.78 is 4.77. The lowest BCUT2D eigenvalue weighted by atomic mass is 10.0. The van der Waals surface area contributed by atoms with Crippen LogP contribution in [-0.4, -0.2) is 54.9 Å². The Morgan fingerprint density at radius 2 is 2.09 bits per heavy atom. The Bertz CT molecular complexity index is 627. The van der Waals surface area contributed by atoms with Crippen LogP contribution in [0.2, 0.25) is 0 Å². The van der Waals surface area contributed by atoms with Crippen LogP contribution in [0.4, 0.5) is 10.5 Å². The third-order valence-electron chi connectivity index (χ3n) is 4.00. The van der Waals surface area contributed by atoms with E-state index in [1.165, 1.54) is 12.0 Å². The fraction of sp³-hybridized carbons (Fsp3) is 0.412. The SMILES string of the molecule is C/C=C\c1cc(C(=O)OC)ccc1N1CCN(C(=O)O)C[C@H]1C. The number of piperazine rings is 1. The molecule has 23 heavy (non-hydrogen) atoms. The van der Waals surface area contributed by atoms with Gasteiger partial charge < -0.3 is 19.6 Å². The molecule has 1 aliphatic heterocycles. The van der Waals surface area contributed by atoms with Crippen molar-refractivity contribution in [1.29, 1.82) is 0 Å². The Kier molecular flexibility index (Phi) is 5.26. The van der Waals surface area contributed by atoms with Crippen molar-refractivity contribution in [1.82, 2.24) is 4.90 Å². The number of hydrogen-bond donors (Lipinski definition) is 1. The number of ether oxygens (including phenoxy) is 1. The zero-order valence-electron chi connectivity index (χ0n) is 13.7. The molecular weight excluding hydrogens is 296 g/mol. The van der Waals surface area contributed by atoms with Gasteiger partial charge in [-0.1, -0.05) is 12.2 Å². The van der Waals surface area contributed by atoms with Gasteiger partial charge in [-0.2, -0.15) is 0 Å². The number of carboxylic acid groups (broad SMARTS) is 1. The molecule has 1 aliphatic rings. The van der Waals surface area contributed by atoms with Gasteiger partial charge in [-0.25, -0.2) is 9.59 Å². The Hall–Kier alpha value is -2.50. The van der Waals surface area contributed by atoms with Gasteiger partial charge in [0.2, 0.25) is 0 Å². The molecule has 0 aromatic heterocycles. The Labute approximate surface area is 136 Å². The minimum absolute atomic E-state index is 0.0628. The van der Waals surface area contributed by atoms with E-state index >= 15 is 0 Å². The molecule has 6 nitrogen and oxygen atoms in total. The molecule has 0 radical (unpaired) electrons. The molecule has 1 amide bonds. The first-order chi connectivity index (χ1) is 11.0. The van der Waals surface area contributed by atoms with Crippen LogP contribution in [0.25, 0.3) is 6.08 Å². The van der Waals surface area contributed by atoms with Gasteiger partial charge in [0.1, 0.15) is 0 Å². The quantitative estimate of drug-likeness (QED) is 0.868. The molecule has 2 rings (SSSR count). The maximum absolute atomic E-state index is 11.7. The molecule has 0 unspecified atom stereocenters. The molecule has 1 aromatic carbocycles. The summed E-state index contributed by atoms with van der Waals surface area (Å²) in [6.07, 6.45) is 2.97. The lowest BCUT2D eigenvalue weighted by Gasteiger charge is -2.40. The highest BCUT2D eigenvalue weighted by molar-refractivity contribution is 5.91. The van der Waals surface area contributed by atoms with Gasteiger partial charge in [0.25, 0.3) is 0 Å². The summed E-state index contributed by atoms with van der Waals surface area (Å²) in [5.74, 6) is -0.369. The standard InChI is InChI=1S/C17H22N2O4/c1-4-5-13-10-14(16(20)23-3)6-7-15(13)19-9-8-18(17(21)22)11-12(19)2/h4-7,10,12H,8-9,11H2,1-3H3,(H,21,22)/b5-4-/t12-/m1/s1. The number of hydrogen-bond acceptors (Lipinski definition) is 4. The van der Waals surface area contributed by atoms with Crippen LogP contribution in [0.5, 0.6) is 0 Å². The second kappa shape index (κ2) is 7.17. The molecule has 1 saturated heterocycles. The smallest absolute Gasteiger partial charge is 0.407 e. The number of allylic oxidation sites excluding steroid dienone is 1. The van der Waals surface area contributed by atoms with Crippen molar-refractivity contribution in [3.05, 3.63) is 35.4 Å². The van der Waals surface area contributed by atoms with Crippen LogP contribution >= 0.6 is 0 Å². The van der Waals surface area contributed by atoms with Crippen LogP contribution in [0.1, 0.15) is 29.8 Å². The van der Waals surface area contributed by atoms with E-state index in [-0.39, 0.29) is 12.0 Å². The highest BCUT2D eigenvalue weighted by atomic mass is 16.5. The van der Waals surface area contributed by atoms with E-state index in [4.69, 9.17) is 9.84 Å². The number of nitrogens with zero attached hydrogens (tertiary/aromatic N) is 2. The Balaban J connectivity index is 2.32. The number of benzene rings is 1. The third-order valence-corrected chi connectivity index (χ3v) is 4.00. The molecule has 1 heterocycles. The minimum atomic E-state index is -0.883. The number of amides is 1. The second-order valence-corrected chi connectivity index (χ2v) is 5.54. The number of carbonyl (C=O) groups is 2. The van der Waals surface area contributed by atoms with E-state index in [9.17, 15) is 9.59 Å². The van der Waals surface area contributed by atoms with Gasteiger partial charge in [0.05, 0.1) is 12.7 Å². The van der Waals surface area contributed by atoms with Crippen LogP contribution in [0, 0.1) is 0 Å². The summed E-state index contributed by atoms with van der Waals surface area (Å²) in [6.45, 7) is 5.47. The Morgan fingerprint density at radius 3 is 2.65 bits per heavy atom. The molecule has 1 fully saturated rings. The average Bonchev–Trinajstić information content (AvgIpc) is 2.54. The molecule has 0 spiro atoms. The number of esters is 1. The van der Waals surface area contributed by atoms with Crippen LogP contribution in [0.3, 0.4) is 0 Å². The molecule has 0 saturated carbocycles. The topological polar surface area (TPSA) is 70.1 Å². The molecular formula is C17H22N2O4. The van der Waals surface area contributed by atoms with Crippen molar-refractivity contribution in [2.24, 2.45) is 0 Å². The largest absolute Gasteiger partial charge is 0.465 e. The summed E-state index contributed by atoms with van der Waals surface area (Å²) in [4.78, 5) is 26.4. The fourth-order valence-corrected chi connectivity index (χ4v) is 2.86. The van der Waals surface area contributed by atoms with Crippen molar-refractivity contribution in [3.63, 3.8) is 0 Å². The van der Waals surface area contributed by atoms with Gasteiger partial charge >= 0.3 is 12.1 Å². The normalized spacial score (nSPS) is 18.3. The van der Waals surface area contributed by atoms with Crippen molar-refractivity contribution < 1.29 is 19.4 Å². The monoisotopic (exact) mass is 318 g/mol. The van der Waals surface area contributed by atoms with Crippen LogP contribution in [-0.2, 0) is 4.74 Å². The van der Waals surface area contributed by atoms with Gasteiger partial charge in [0, 0.05) is 31.4 Å². The number of methoxy groups -OCH3 is 1. The number of anilines is 1. The van der Waals surface area contributed by atoms with Crippen LogP contribution in [0.15, 0.2) is 24.3 Å². The van der Waals surface area contributed by atoms with Gasteiger partial charge in [-0.05, 0) is 37.6 Å². The van der Waals surface area contributed by atoms with E-state index < -0.39 is 6.09 Å². The maximum Gasteiger partial charge on any atom is 0.407 e. The lowest BCUT2D eigenvalue weighted by Crippen LogP contribution is -2.53. The molecule has 1 aromatic rings. The van der Waals surface area contributed by atoms with Crippen molar-refractivity contribution in [3.8, 4) is 0 Å². The summed E-state index contributed by atoms with van der Waals surface area (Å²) in [5, 5.41) is 9.12. The predicted octanol–water partition coefficient (Wildman–Crippen LogP) is 2.69. The summed E-state index contributed by atoms with van der Waals surface area (Å²) >= 11 is 0. The Morgan fingerprint density at radius 1 is 1.35 bits per heavy atom. The highest BCUT2D eigenvalue weighted by Crippen LogP contribution is 2.27. The minimum Gasteiger partial charge on any atom is -0.465 e. The highest BCUT2D eigenvalue weighted by Gasteiger charge is 2.27. The van der Waals surface area contributed by atoms with Gasteiger partial charge in [-0.3, -0.25) is 0 Å². The third kappa shape index (κ3) is 3.64. The average molecular weight is 318 g/mol. The van der Waals surface area contributed by atoms with Crippen molar-refractivity contribution >= 4 is 23.8 Å². The maximum atomic E-state index is 11.7. The van der Waals surface area contributed by atoms with Crippen molar-refractivity contribution in [2.45, 2.75) is 19.9 Å². The van der Waals surface area contributed by atoms with E-state index in [0.29, 0.717) is 25.2 Å². The summed E-state index contributed by atoms with van der Waals surface area (Å²) in [5.41, 5.74) is 2.42. The van der Waals surface area contributed by atoms with E-state index in [1.807, 2.05) is 32.1 Å². The predicted molar refractivity (Wildman–Crippen MR) is 88.9 cm³/mol. The first-order valence-electron chi connectivity index (χ1n) is 7.57. The molecule has 0 aliphatic carbocycles. The summed E-state index contributed by atoms with van der Waals surface area (Å²) in [6, 6.07) is 5.50. The number of rotatable bonds is 3. The van der Waals surface area contributed by atoms with Crippen molar-refractivity contribution in [2.75, 3.05) is 31.6 Å². The van der Waals surface area contributed by atoms with Gasteiger partial charge in [-0.15, -0.1) is 0 Å². The van der Waals surface area contributed by atoms with Crippen LogP contribution < -0.4 is 4.90 Å². The summed E-state index contributed by atoms with van der Waals surface area (Å²) in [7, 11) is 1.36. The first kappa shape index (κ1) is 16.9. The molecule has 124 valence electrons. The second-order valence-electron chi connectivity index (χ2n) is 5.54.